The maximum absolute atomic E-state index is 12.7. The first-order valence-electron chi connectivity index (χ1n) is 9.94. The van der Waals surface area contributed by atoms with Crippen LogP contribution in [0.2, 0.25) is 0 Å². The number of rotatable bonds is 7. The second-order valence-electron chi connectivity index (χ2n) is 7.84. The number of hydrogen-bond donors (Lipinski definition) is 3. The van der Waals surface area contributed by atoms with Crippen molar-refractivity contribution >= 4 is 11.8 Å². The third kappa shape index (κ3) is 5.67. The van der Waals surface area contributed by atoms with Crippen LogP contribution >= 0.6 is 0 Å². The molecule has 1 atom stereocenters. The van der Waals surface area contributed by atoms with Gasteiger partial charge in [0, 0.05) is 12.1 Å². The molecule has 1 unspecified atom stereocenters. The molecule has 0 radical (unpaired) electrons. The second kappa shape index (κ2) is 9.51. The topological polar surface area (TPSA) is 70.2 Å². The van der Waals surface area contributed by atoms with Crippen LogP contribution in [0, 0.1) is 5.41 Å². The van der Waals surface area contributed by atoms with E-state index in [4.69, 9.17) is 0 Å². The van der Waals surface area contributed by atoms with Crippen LogP contribution in [0.4, 0.5) is 0 Å². The van der Waals surface area contributed by atoms with Gasteiger partial charge in [-0.2, -0.15) is 0 Å². The summed E-state index contributed by atoms with van der Waals surface area (Å²) in [5.41, 5.74) is 1.65. The molecule has 0 saturated carbocycles. The Labute approximate surface area is 166 Å². The van der Waals surface area contributed by atoms with Crippen LogP contribution in [0.15, 0.2) is 60.7 Å². The van der Waals surface area contributed by atoms with E-state index in [2.05, 4.69) is 22.9 Å². The summed E-state index contributed by atoms with van der Waals surface area (Å²) in [5, 5.41) is 9.46. The molecule has 1 fully saturated rings. The summed E-state index contributed by atoms with van der Waals surface area (Å²) >= 11 is 0. The fraction of sp³-hybridized carbons (Fsp3) is 0.391. The number of nitrogens with one attached hydrogen (secondary N) is 3. The fourth-order valence-corrected chi connectivity index (χ4v) is 3.55. The summed E-state index contributed by atoms with van der Waals surface area (Å²) in [6.07, 6.45) is 2.33. The van der Waals surface area contributed by atoms with E-state index in [-0.39, 0.29) is 29.7 Å². The number of carbonyl (C=O) groups excluding carboxylic acids is 2. The molecule has 5 heteroatoms. The van der Waals surface area contributed by atoms with Gasteiger partial charge in [-0.3, -0.25) is 9.59 Å². The molecule has 1 aliphatic heterocycles. The minimum Gasteiger partial charge on any atom is -0.355 e. The van der Waals surface area contributed by atoms with E-state index >= 15 is 0 Å². The lowest BCUT2D eigenvalue weighted by molar-refractivity contribution is -0.122. The van der Waals surface area contributed by atoms with Crippen molar-refractivity contribution in [2.45, 2.75) is 32.2 Å². The van der Waals surface area contributed by atoms with Crippen molar-refractivity contribution in [3.63, 3.8) is 0 Å². The Morgan fingerprint density at radius 2 is 1.61 bits per heavy atom. The molecule has 28 heavy (non-hydrogen) atoms. The first-order chi connectivity index (χ1) is 13.6. The van der Waals surface area contributed by atoms with Crippen molar-refractivity contribution in [1.29, 1.82) is 0 Å². The van der Waals surface area contributed by atoms with Crippen molar-refractivity contribution in [2.75, 3.05) is 19.6 Å². The lowest BCUT2D eigenvalue weighted by Gasteiger charge is -2.34. The molecule has 1 saturated heterocycles. The van der Waals surface area contributed by atoms with E-state index in [1.165, 1.54) is 0 Å². The van der Waals surface area contributed by atoms with E-state index in [0.717, 1.165) is 31.5 Å². The van der Waals surface area contributed by atoms with Gasteiger partial charge in [0.15, 0.2) is 0 Å². The molecule has 148 valence electrons. The van der Waals surface area contributed by atoms with Crippen molar-refractivity contribution in [2.24, 2.45) is 5.41 Å². The zero-order valence-electron chi connectivity index (χ0n) is 16.4. The average molecular weight is 380 g/mol. The largest absolute Gasteiger partial charge is 0.355 e. The highest BCUT2D eigenvalue weighted by Gasteiger charge is 2.27. The third-order valence-electron chi connectivity index (χ3n) is 5.46. The van der Waals surface area contributed by atoms with Crippen LogP contribution in [0.1, 0.15) is 48.1 Å². The van der Waals surface area contributed by atoms with Gasteiger partial charge < -0.3 is 16.0 Å². The number of carbonyl (C=O) groups is 2. The molecule has 2 aromatic carbocycles. The number of amides is 2. The SMILES string of the molecule is CC1(CNC(=O)CC(NC(=O)c2ccccc2)c2ccccc2)CCNCC1. The molecule has 2 amide bonds. The van der Waals surface area contributed by atoms with E-state index in [9.17, 15) is 9.59 Å². The molecule has 0 bridgehead atoms. The third-order valence-corrected chi connectivity index (χ3v) is 5.46. The maximum atomic E-state index is 12.7. The summed E-state index contributed by atoms with van der Waals surface area (Å²) in [7, 11) is 0. The molecule has 3 rings (SSSR count). The smallest absolute Gasteiger partial charge is 0.251 e. The van der Waals surface area contributed by atoms with Crippen LogP contribution in [-0.4, -0.2) is 31.4 Å². The molecule has 3 N–H and O–H groups in total. The normalized spacial score (nSPS) is 16.8. The van der Waals surface area contributed by atoms with Gasteiger partial charge in [0.25, 0.3) is 5.91 Å². The first kappa shape index (κ1) is 20.1. The van der Waals surface area contributed by atoms with Crippen LogP contribution in [0.5, 0.6) is 0 Å². The zero-order chi connectivity index (χ0) is 19.8. The van der Waals surface area contributed by atoms with Gasteiger partial charge in [-0.05, 0) is 49.0 Å². The van der Waals surface area contributed by atoms with Crippen molar-refractivity contribution < 1.29 is 9.59 Å². The molecule has 0 aromatic heterocycles. The summed E-state index contributed by atoms with van der Waals surface area (Å²) < 4.78 is 0. The van der Waals surface area contributed by atoms with Gasteiger partial charge in [-0.25, -0.2) is 0 Å². The van der Waals surface area contributed by atoms with E-state index in [1.807, 2.05) is 48.5 Å². The standard InChI is InChI=1S/C23H29N3O2/c1-23(12-14-24-15-13-23)17-25-21(27)16-20(18-8-4-2-5-9-18)26-22(28)19-10-6-3-7-11-19/h2-11,20,24H,12-17H2,1H3,(H,25,27)(H,26,28). The summed E-state index contributed by atoms with van der Waals surface area (Å²) in [4.78, 5) is 25.3. The van der Waals surface area contributed by atoms with Gasteiger partial charge in [0.1, 0.15) is 0 Å². The predicted molar refractivity (Wildman–Crippen MR) is 111 cm³/mol. The molecule has 0 spiro atoms. The summed E-state index contributed by atoms with van der Waals surface area (Å²) in [5.74, 6) is -0.213. The summed E-state index contributed by atoms with van der Waals surface area (Å²) in [6, 6.07) is 18.4. The zero-order valence-corrected chi connectivity index (χ0v) is 16.4. The van der Waals surface area contributed by atoms with Crippen molar-refractivity contribution in [3.8, 4) is 0 Å². The van der Waals surface area contributed by atoms with Crippen molar-refractivity contribution in [1.82, 2.24) is 16.0 Å². The fourth-order valence-electron chi connectivity index (χ4n) is 3.55. The van der Waals surface area contributed by atoms with Gasteiger partial charge in [0.05, 0.1) is 12.5 Å². The lowest BCUT2D eigenvalue weighted by Crippen LogP contribution is -2.43. The minimum absolute atomic E-state index is 0.0398. The van der Waals surface area contributed by atoms with Gasteiger partial charge in [0.2, 0.25) is 5.91 Å². The monoisotopic (exact) mass is 379 g/mol. The predicted octanol–water partition coefficient (Wildman–Crippen LogP) is 3.05. The van der Waals surface area contributed by atoms with Crippen LogP contribution in [0.25, 0.3) is 0 Å². The Hall–Kier alpha value is -2.66. The molecule has 0 aliphatic carbocycles. The maximum Gasteiger partial charge on any atom is 0.251 e. The molecule has 2 aromatic rings. The summed E-state index contributed by atoms with van der Waals surface area (Å²) in [6.45, 7) is 4.87. The van der Waals surface area contributed by atoms with E-state index in [0.29, 0.717) is 12.1 Å². The van der Waals surface area contributed by atoms with Gasteiger partial charge in [-0.1, -0.05) is 55.5 Å². The number of piperidine rings is 1. The second-order valence-corrected chi connectivity index (χ2v) is 7.84. The quantitative estimate of drug-likeness (QED) is 0.692. The Morgan fingerprint density at radius 3 is 2.25 bits per heavy atom. The van der Waals surface area contributed by atoms with Gasteiger partial charge >= 0.3 is 0 Å². The number of benzene rings is 2. The number of hydrogen-bond acceptors (Lipinski definition) is 3. The minimum atomic E-state index is -0.366. The van der Waals surface area contributed by atoms with Crippen LogP contribution in [-0.2, 0) is 4.79 Å². The first-order valence-corrected chi connectivity index (χ1v) is 9.94. The van der Waals surface area contributed by atoms with Crippen molar-refractivity contribution in [3.05, 3.63) is 71.8 Å². The van der Waals surface area contributed by atoms with E-state index < -0.39 is 0 Å². The average Bonchev–Trinajstić information content (AvgIpc) is 2.74. The van der Waals surface area contributed by atoms with Crippen LogP contribution in [0.3, 0.4) is 0 Å². The highest BCUT2D eigenvalue weighted by Crippen LogP contribution is 2.27. The Morgan fingerprint density at radius 1 is 1.00 bits per heavy atom. The Kier molecular flexibility index (Phi) is 6.82. The molecule has 5 nitrogen and oxygen atoms in total. The molecule has 1 heterocycles. The molecular weight excluding hydrogens is 350 g/mol. The highest BCUT2D eigenvalue weighted by atomic mass is 16.2. The van der Waals surface area contributed by atoms with Crippen LogP contribution < -0.4 is 16.0 Å². The van der Waals surface area contributed by atoms with Gasteiger partial charge in [-0.15, -0.1) is 0 Å². The lowest BCUT2D eigenvalue weighted by atomic mass is 9.81. The molecular formula is C23H29N3O2. The molecule has 1 aliphatic rings. The Balaban J connectivity index is 1.64. The highest BCUT2D eigenvalue weighted by molar-refractivity contribution is 5.94. The Bertz CT molecular complexity index is 771. The van der Waals surface area contributed by atoms with E-state index in [1.54, 1.807) is 12.1 Å².